The van der Waals surface area contributed by atoms with Crippen molar-refractivity contribution < 1.29 is 30.8 Å². The van der Waals surface area contributed by atoms with Crippen molar-refractivity contribution in [3.8, 4) is 0 Å². The molecule has 1 aromatic rings. The summed E-state index contributed by atoms with van der Waals surface area (Å²) in [5.41, 5.74) is 0. The molecule has 1 aromatic heterocycles. The molecule has 0 bridgehead atoms. The van der Waals surface area contributed by atoms with E-state index in [0.717, 1.165) is 13.1 Å². The normalized spacial score (nSPS) is 12.5. The van der Waals surface area contributed by atoms with Gasteiger partial charge in [0.25, 0.3) is 15.0 Å². The summed E-state index contributed by atoms with van der Waals surface area (Å²) in [6.07, 6.45) is -4.56. The van der Waals surface area contributed by atoms with Crippen LogP contribution in [0.2, 0.25) is 0 Å². The van der Waals surface area contributed by atoms with Crippen LogP contribution in [0, 0.1) is 6.92 Å². The molecule has 1 amide bonds. The van der Waals surface area contributed by atoms with Crippen LogP contribution >= 0.6 is 10.7 Å². The zero-order valence-corrected chi connectivity index (χ0v) is 11.4. The monoisotopic (exact) mass is 319 g/mol. The molecule has 0 saturated carbocycles. The van der Waals surface area contributed by atoms with Gasteiger partial charge in [0.15, 0.2) is 5.76 Å². The molecule has 0 aliphatic carbocycles. The van der Waals surface area contributed by atoms with E-state index in [1.165, 1.54) is 6.92 Å². The van der Waals surface area contributed by atoms with Gasteiger partial charge in [-0.2, -0.15) is 13.2 Å². The highest BCUT2D eigenvalue weighted by molar-refractivity contribution is 8.13. The Morgan fingerprint density at radius 1 is 1.47 bits per heavy atom. The largest absolute Gasteiger partial charge is 0.455 e. The molecule has 0 radical (unpaired) electrons. The van der Waals surface area contributed by atoms with Crippen LogP contribution in [0.3, 0.4) is 0 Å². The number of hydrogen-bond donors (Lipinski definition) is 0. The maximum absolute atomic E-state index is 12.1. The first-order chi connectivity index (χ1) is 8.42. The van der Waals surface area contributed by atoms with Crippen LogP contribution in [0.1, 0.15) is 16.3 Å². The second-order valence-corrected chi connectivity index (χ2v) is 6.28. The number of hydrogen-bond acceptors (Lipinski definition) is 4. The third-order valence-corrected chi connectivity index (χ3v) is 3.54. The molecule has 0 fully saturated rings. The Bertz CT molecular complexity index is 593. The first-order valence-corrected chi connectivity index (χ1v) is 7.10. The summed E-state index contributed by atoms with van der Waals surface area (Å²) in [5.74, 6) is -1.78. The molecule has 0 spiro atoms. The van der Waals surface area contributed by atoms with Gasteiger partial charge in [0.2, 0.25) is 0 Å². The van der Waals surface area contributed by atoms with Crippen LogP contribution in [0.5, 0.6) is 0 Å². The zero-order valence-electron chi connectivity index (χ0n) is 9.78. The minimum absolute atomic E-state index is 0.168. The van der Waals surface area contributed by atoms with Gasteiger partial charge in [-0.3, -0.25) is 4.79 Å². The Labute approximate surface area is 111 Å². The van der Waals surface area contributed by atoms with Gasteiger partial charge < -0.3 is 9.32 Å². The van der Waals surface area contributed by atoms with Gasteiger partial charge >= 0.3 is 6.18 Å². The van der Waals surface area contributed by atoms with E-state index in [-0.39, 0.29) is 5.76 Å². The number of rotatable bonds is 3. The lowest BCUT2D eigenvalue weighted by Crippen LogP contribution is -2.35. The van der Waals surface area contributed by atoms with E-state index in [1.807, 2.05) is 0 Å². The molecule has 0 saturated heterocycles. The third-order valence-electron chi connectivity index (χ3n) is 2.11. The van der Waals surface area contributed by atoms with Crippen LogP contribution in [-0.4, -0.2) is 39.0 Å². The number of nitrogens with zero attached hydrogens (tertiary/aromatic N) is 1. The first-order valence-electron chi connectivity index (χ1n) is 4.79. The van der Waals surface area contributed by atoms with Crippen molar-refractivity contribution in [2.75, 3.05) is 13.6 Å². The lowest BCUT2D eigenvalue weighted by Gasteiger charge is -2.17. The van der Waals surface area contributed by atoms with Gasteiger partial charge in [0.1, 0.15) is 17.2 Å². The van der Waals surface area contributed by atoms with E-state index in [4.69, 9.17) is 15.1 Å². The zero-order chi connectivity index (χ0) is 15.0. The minimum Gasteiger partial charge on any atom is -0.455 e. The molecule has 0 aliphatic heterocycles. The first kappa shape index (κ1) is 15.8. The lowest BCUT2D eigenvalue weighted by atomic mass is 10.4. The third kappa shape index (κ3) is 4.13. The molecule has 1 heterocycles. The van der Waals surface area contributed by atoms with Crippen LogP contribution in [0.25, 0.3) is 0 Å². The SMILES string of the molecule is Cc1oc(C(=O)N(C)CC(F)(F)F)cc1S(=O)(=O)Cl. The minimum atomic E-state index is -4.56. The highest BCUT2D eigenvalue weighted by Crippen LogP contribution is 2.25. The van der Waals surface area contributed by atoms with Crippen molar-refractivity contribution in [1.29, 1.82) is 0 Å². The van der Waals surface area contributed by atoms with Crippen molar-refractivity contribution in [3.63, 3.8) is 0 Å². The smallest absolute Gasteiger partial charge is 0.406 e. The second-order valence-electron chi connectivity index (χ2n) is 3.75. The standard InChI is InChI=1S/C9H9ClF3NO4S/c1-5-7(19(10,16)17)3-6(18-5)8(15)14(2)4-9(11,12)13/h3H,4H2,1-2H3. The predicted octanol–water partition coefficient (Wildman–Crippen LogP) is 2.15. The lowest BCUT2D eigenvalue weighted by molar-refractivity contribution is -0.138. The van der Waals surface area contributed by atoms with E-state index in [1.54, 1.807) is 0 Å². The van der Waals surface area contributed by atoms with E-state index in [9.17, 15) is 26.4 Å². The van der Waals surface area contributed by atoms with Crippen LogP contribution in [-0.2, 0) is 9.05 Å². The number of halogens is 4. The number of alkyl halides is 3. The summed E-state index contributed by atoms with van der Waals surface area (Å²) in [4.78, 5) is 11.5. The Morgan fingerprint density at radius 2 is 2.00 bits per heavy atom. The van der Waals surface area contributed by atoms with E-state index in [0.29, 0.717) is 4.90 Å². The maximum atomic E-state index is 12.1. The number of amides is 1. The summed E-state index contributed by atoms with van der Waals surface area (Å²) in [5, 5.41) is 0. The maximum Gasteiger partial charge on any atom is 0.406 e. The molecular formula is C9H9ClF3NO4S. The highest BCUT2D eigenvalue weighted by Gasteiger charge is 2.33. The summed E-state index contributed by atoms with van der Waals surface area (Å²) in [6.45, 7) is -0.246. The Kier molecular flexibility index (Phi) is 4.20. The molecule has 0 atom stereocenters. The number of aryl methyl sites for hydroxylation is 1. The van der Waals surface area contributed by atoms with Crippen molar-refractivity contribution in [2.45, 2.75) is 18.0 Å². The van der Waals surface area contributed by atoms with Crippen molar-refractivity contribution >= 4 is 25.6 Å². The Hall–Kier alpha value is -1.22. The van der Waals surface area contributed by atoms with Gasteiger partial charge in [-0.05, 0) is 6.92 Å². The molecule has 19 heavy (non-hydrogen) atoms. The molecular weight excluding hydrogens is 311 g/mol. The molecule has 0 unspecified atom stereocenters. The average Bonchev–Trinajstić information content (AvgIpc) is 2.55. The van der Waals surface area contributed by atoms with Crippen molar-refractivity contribution in [3.05, 3.63) is 17.6 Å². The Balaban J connectivity index is 3.03. The topological polar surface area (TPSA) is 67.6 Å². The fraction of sp³-hybridized carbons (Fsp3) is 0.444. The summed E-state index contributed by atoms with van der Waals surface area (Å²) in [6, 6.07) is 0.798. The second kappa shape index (κ2) is 5.04. The van der Waals surface area contributed by atoms with Gasteiger partial charge in [0.05, 0.1) is 0 Å². The number of carbonyl (C=O) groups excluding carboxylic acids is 1. The van der Waals surface area contributed by atoms with E-state index < -0.39 is 38.3 Å². The average molecular weight is 320 g/mol. The fourth-order valence-corrected chi connectivity index (χ4v) is 2.43. The molecule has 5 nitrogen and oxygen atoms in total. The molecule has 1 rings (SSSR count). The van der Waals surface area contributed by atoms with Gasteiger partial charge in [-0.15, -0.1) is 0 Å². The van der Waals surface area contributed by atoms with Gasteiger partial charge in [0, 0.05) is 23.8 Å². The van der Waals surface area contributed by atoms with Crippen LogP contribution in [0.15, 0.2) is 15.4 Å². The summed E-state index contributed by atoms with van der Waals surface area (Å²) in [7, 11) is 1.87. The number of furan rings is 1. The van der Waals surface area contributed by atoms with Gasteiger partial charge in [-0.1, -0.05) is 0 Å². The quantitative estimate of drug-likeness (QED) is 0.801. The Morgan fingerprint density at radius 3 is 2.37 bits per heavy atom. The summed E-state index contributed by atoms with van der Waals surface area (Å²) >= 11 is 0. The van der Waals surface area contributed by atoms with Crippen LogP contribution < -0.4 is 0 Å². The predicted molar refractivity (Wildman–Crippen MR) is 59.5 cm³/mol. The van der Waals surface area contributed by atoms with Gasteiger partial charge in [-0.25, -0.2) is 8.42 Å². The summed E-state index contributed by atoms with van der Waals surface area (Å²) < 4.78 is 63.3. The highest BCUT2D eigenvalue weighted by atomic mass is 35.7. The molecule has 10 heteroatoms. The molecule has 0 aliphatic rings. The van der Waals surface area contributed by atoms with E-state index in [2.05, 4.69) is 0 Å². The van der Waals surface area contributed by atoms with Crippen LogP contribution in [0.4, 0.5) is 13.2 Å². The number of carbonyl (C=O) groups is 1. The fourth-order valence-electron chi connectivity index (χ4n) is 1.34. The molecule has 108 valence electrons. The van der Waals surface area contributed by atoms with Crippen molar-refractivity contribution in [1.82, 2.24) is 4.90 Å². The van der Waals surface area contributed by atoms with Crippen molar-refractivity contribution in [2.24, 2.45) is 0 Å². The molecule has 0 N–H and O–H groups in total. The molecule has 0 aromatic carbocycles. The van der Waals surface area contributed by atoms with E-state index >= 15 is 0 Å².